The van der Waals surface area contributed by atoms with Gasteiger partial charge in [-0.3, -0.25) is 4.72 Å². The number of halogens is 1. The molecular formula is C16H16BrNO4S. The van der Waals surface area contributed by atoms with Crippen LogP contribution in [0.2, 0.25) is 0 Å². The van der Waals surface area contributed by atoms with Crippen LogP contribution in [0.25, 0.3) is 0 Å². The Balaban J connectivity index is 2.26. The molecule has 0 bridgehead atoms. The van der Waals surface area contributed by atoms with Gasteiger partial charge in [0.1, 0.15) is 0 Å². The van der Waals surface area contributed by atoms with E-state index in [1.807, 2.05) is 6.92 Å². The fourth-order valence-corrected chi connectivity index (χ4v) is 3.55. The zero-order chi connectivity index (χ0) is 17.0. The molecule has 7 heteroatoms. The molecule has 0 radical (unpaired) electrons. The van der Waals surface area contributed by atoms with Gasteiger partial charge in [0, 0.05) is 4.47 Å². The van der Waals surface area contributed by atoms with E-state index >= 15 is 0 Å². The first kappa shape index (κ1) is 17.5. The minimum atomic E-state index is -3.69. The zero-order valence-electron chi connectivity index (χ0n) is 12.7. The molecule has 0 spiro atoms. The summed E-state index contributed by atoms with van der Waals surface area (Å²) in [5, 5.41) is 0. The average Bonchev–Trinajstić information content (AvgIpc) is 2.50. The molecule has 0 amide bonds. The molecule has 5 nitrogen and oxygen atoms in total. The van der Waals surface area contributed by atoms with Crippen LogP contribution in [0.4, 0.5) is 5.69 Å². The summed E-state index contributed by atoms with van der Waals surface area (Å²) in [6.07, 6.45) is 0. The fourth-order valence-electron chi connectivity index (χ4n) is 1.86. The summed E-state index contributed by atoms with van der Waals surface area (Å²) >= 11 is 3.27. The van der Waals surface area contributed by atoms with E-state index in [4.69, 9.17) is 4.74 Å². The summed E-state index contributed by atoms with van der Waals surface area (Å²) in [7, 11) is -3.69. The third kappa shape index (κ3) is 4.33. The predicted octanol–water partition coefficient (Wildman–Crippen LogP) is 3.74. The van der Waals surface area contributed by atoms with Gasteiger partial charge in [0.2, 0.25) is 0 Å². The average molecular weight is 398 g/mol. The Kier molecular flexibility index (Phi) is 5.43. The highest BCUT2D eigenvalue weighted by molar-refractivity contribution is 9.10. The molecule has 0 aliphatic carbocycles. The minimum Gasteiger partial charge on any atom is -0.462 e. The second-order valence-electron chi connectivity index (χ2n) is 4.83. The van der Waals surface area contributed by atoms with Crippen molar-refractivity contribution in [2.45, 2.75) is 18.7 Å². The minimum absolute atomic E-state index is 0.171. The Bertz CT molecular complexity index is 816. The van der Waals surface area contributed by atoms with E-state index in [0.717, 1.165) is 5.56 Å². The van der Waals surface area contributed by atoms with E-state index < -0.39 is 16.0 Å². The predicted molar refractivity (Wildman–Crippen MR) is 92.1 cm³/mol. The molecule has 0 aromatic heterocycles. The molecule has 2 rings (SSSR count). The van der Waals surface area contributed by atoms with Crippen molar-refractivity contribution in [3.63, 3.8) is 0 Å². The first-order valence-corrected chi connectivity index (χ1v) is 9.17. The van der Waals surface area contributed by atoms with Gasteiger partial charge in [-0.25, -0.2) is 13.2 Å². The van der Waals surface area contributed by atoms with Crippen LogP contribution < -0.4 is 4.72 Å². The molecule has 0 heterocycles. The van der Waals surface area contributed by atoms with Crippen molar-refractivity contribution < 1.29 is 17.9 Å². The molecule has 0 atom stereocenters. The van der Waals surface area contributed by atoms with Gasteiger partial charge >= 0.3 is 5.97 Å². The molecule has 2 aromatic carbocycles. The number of ether oxygens (including phenoxy) is 1. The molecule has 0 unspecified atom stereocenters. The molecular weight excluding hydrogens is 382 g/mol. The highest BCUT2D eigenvalue weighted by Gasteiger charge is 2.16. The normalized spacial score (nSPS) is 11.1. The summed E-state index contributed by atoms with van der Waals surface area (Å²) < 4.78 is 32.6. The number of aryl methyl sites for hydroxylation is 1. The lowest BCUT2D eigenvalue weighted by Crippen LogP contribution is -2.13. The van der Waals surface area contributed by atoms with Gasteiger partial charge in [0.15, 0.2) is 0 Å². The largest absolute Gasteiger partial charge is 0.462 e. The van der Waals surface area contributed by atoms with Crippen LogP contribution in [0.3, 0.4) is 0 Å². The summed E-state index contributed by atoms with van der Waals surface area (Å²) in [6, 6.07) is 11.1. The van der Waals surface area contributed by atoms with E-state index in [1.165, 1.54) is 18.2 Å². The second-order valence-corrected chi connectivity index (χ2v) is 7.37. The van der Waals surface area contributed by atoms with Gasteiger partial charge in [-0.1, -0.05) is 17.7 Å². The molecule has 23 heavy (non-hydrogen) atoms. The quantitative estimate of drug-likeness (QED) is 0.779. The molecule has 1 N–H and O–H groups in total. The number of hydrogen-bond donors (Lipinski definition) is 1. The van der Waals surface area contributed by atoms with Crippen molar-refractivity contribution >= 4 is 37.6 Å². The van der Waals surface area contributed by atoms with Crippen LogP contribution in [0, 0.1) is 6.92 Å². The summed E-state index contributed by atoms with van der Waals surface area (Å²) in [4.78, 5) is 11.8. The number of hydrogen-bond acceptors (Lipinski definition) is 4. The van der Waals surface area contributed by atoms with E-state index in [2.05, 4.69) is 20.7 Å². The van der Waals surface area contributed by atoms with Crippen LogP contribution in [0.1, 0.15) is 22.8 Å². The van der Waals surface area contributed by atoms with Gasteiger partial charge in [-0.05, 0) is 60.1 Å². The highest BCUT2D eigenvalue weighted by Crippen LogP contribution is 2.26. The van der Waals surface area contributed by atoms with Gasteiger partial charge in [-0.2, -0.15) is 0 Å². The van der Waals surface area contributed by atoms with E-state index in [0.29, 0.717) is 15.7 Å². The summed E-state index contributed by atoms with van der Waals surface area (Å²) in [5.74, 6) is -0.457. The van der Waals surface area contributed by atoms with Crippen LogP contribution in [0.5, 0.6) is 0 Å². The molecule has 0 saturated heterocycles. The third-order valence-electron chi connectivity index (χ3n) is 3.06. The molecule has 0 aliphatic heterocycles. The van der Waals surface area contributed by atoms with Gasteiger partial charge in [-0.15, -0.1) is 0 Å². The number of anilines is 1. The molecule has 122 valence electrons. The number of benzene rings is 2. The van der Waals surface area contributed by atoms with E-state index in [9.17, 15) is 13.2 Å². The van der Waals surface area contributed by atoms with Gasteiger partial charge in [0.25, 0.3) is 10.0 Å². The van der Waals surface area contributed by atoms with Crippen LogP contribution in [-0.2, 0) is 14.8 Å². The number of nitrogens with one attached hydrogen (secondary N) is 1. The maximum Gasteiger partial charge on any atom is 0.338 e. The summed E-state index contributed by atoms with van der Waals surface area (Å²) in [5.41, 5.74) is 1.67. The Morgan fingerprint density at radius 3 is 2.39 bits per heavy atom. The number of carbonyl (C=O) groups is 1. The van der Waals surface area contributed by atoms with Crippen LogP contribution in [-0.4, -0.2) is 21.0 Å². The standard InChI is InChI=1S/C16H16BrNO4S/c1-3-22-16(19)12-6-9-15(14(17)10-12)18-23(20,21)13-7-4-11(2)5-8-13/h4-10,18H,3H2,1-2H3. The maximum atomic E-state index is 12.4. The van der Waals surface area contributed by atoms with Crippen molar-refractivity contribution in [2.24, 2.45) is 0 Å². The molecule has 0 fully saturated rings. The smallest absolute Gasteiger partial charge is 0.338 e. The van der Waals surface area contributed by atoms with Crippen molar-refractivity contribution in [2.75, 3.05) is 11.3 Å². The first-order chi connectivity index (χ1) is 10.8. The molecule has 0 saturated carbocycles. The van der Waals surface area contributed by atoms with E-state index in [1.54, 1.807) is 31.2 Å². The number of carbonyl (C=O) groups excluding carboxylic acids is 1. The van der Waals surface area contributed by atoms with E-state index in [-0.39, 0.29) is 11.5 Å². The highest BCUT2D eigenvalue weighted by atomic mass is 79.9. The number of sulfonamides is 1. The monoisotopic (exact) mass is 397 g/mol. The van der Waals surface area contributed by atoms with Crippen molar-refractivity contribution in [1.82, 2.24) is 0 Å². The topological polar surface area (TPSA) is 72.5 Å². The Hall–Kier alpha value is -1.86. The van der Waals surface area contributed by atoms with Crippen molar-refractivity contribution in [3.05, 3.63) is 58.1 Å². The van der Waals surface area contributed by atoms with Crippen LogP contribution >= 0.6 is 15.9 Å². The van der Waals surface area contributed by atoms with Crippen molar-refractivity contribution in [3.8, 4) is 0 Å². The lowest BCUT2D eigenvalue weighted by atomic mass is 10.2. The van der Waals surface area contributed by atoms with Crippen LogP contribution in [0.15, 0.2) is 51.8 Å². The lowest BCUT2D eigenvalue weighted by Gasteiger charge is -2.11. The first-order valence-electron chi connectivity index (χ1n) is 6.89. The second kappa shape index (κ2) is 7.14. The number of rotatable bonds is 5. The zero-order valence-corrected chi connectivity index (χ0v) is 15.1. The Morgan fingerprint density at radius 2 is 1.83 bits per heavy atom. The van der Waals surface area contributed by atoms with Crippen molar-refractivity contribution in [1.29, 1.82) is 0 Å². The van der Waals surface area contributed by atoms with Gasteiger partial charge < -0.3 is 4.74 Å². The Morgan fingerprint density at radius 1 is 1.17 bits per heavy atom. The molecule has 2 aromatic rings. The third-order valence-corrected chi connectivity index (χ3v) is 5.09. The summed E-state index contributed by atoms with van der Waals surface area (Å²) in [6.45, 7) is 3.88. The SMILES string of the molecule is CCOC(=O)c1ccc(NS(=O)(=O)c2ccc(C)cc2)c(Br)c1. The number of esters is 1. The Labute approximate surface area is 143 Å². The maximum absolute atomic E-state index is 12.4. The lowest BCUT2D eigenvalue weighted by molar-refractivity contribution is 0.0526. The molecule has 0 aliphatic rings. The fraction of sp³-hybridized carbons (Fsp3) is 0.188. The van der Waals surface area contributed by atoms with Gasteiger partial charge in [0.05, 0.1) is 22.8 Å².